The average Bonchev–Trinajstić information content (AvgIpc) is 2.61. The normalized spacial score (nSPS) is 17.0. The van der Waals surface area contributed by atoms with Gasteiger partial charge in [0.05, 0.1) is 22.0 Å². The molecule has 0 atom stereocenters. The minimum absolute atomic E-state index is 0.0554. The van der Waals surface area contributed by atoms with Crippen LogP contribution >= 0.6 is 11.6 Å². The summed E-state index contributed by atoms with van der Waals surface area (Å²) in [5.41, 5.74) is 0.651. The van der Waals surface area contributed by atoms with Crippen molar-refractivity contribution < 1.29 is 9.59 Å². The maximum absolute atomic E-state index is 12.7. The number of carbonyl (C=O) groups is 2. The molecule has 0 fully saturated rings. The fourth-order valence-electron chi connectivity index (χ4n) is 2.09. The molecule has 0 aliphatic carbocycles. The zero-order valence-corrected chi connectivity index (χ0v) is 17.6. The summed E-state index contributed by atoms with van der Waals surface area (Å²) in [6.45, 7) is 12.6. The number of allylic oxidation sites excluding steroid dienone is 2. The minimum atomic E-state index is -0.524. The number of nitrogens with zero attached hydrogens (tertiary/aromatic N) is 3. The van der Waals surface area contributed by atoms with Crippen LogP contribution in [0, 0.1) is 11.3 Å². The average molecular weight is 407 g/mol. The van der Waals surface area contributed by atoms with Crippen LogP contribution in [0.25, 0.3) is 0 Å². The largest absolute Gasteiger partial charge is 0.388 e. The first-order valence-corrected chi connectivity index (χ1v) is 9.25. The lowest BCUT2D eigenvalue weighted by Crippen LogP contribution is -2.45. The van der Waals surface area contributed by atoms with Crippen LogP contribution in [0.3, 0.4) is 0 Å². The standard InChI is InChI=1S/C19H27ClN6O2/c1-7-14(20)8-23-13(6)24-16(27)10-26-19(28)15(9-22-12(4)5)17(21)18(25-26)11(2)3/h7-9,11-12,21-22H,6,10H2,1-5H3,(H,24,27)/b14-7+,15-9+,21-17?,23-8-. The van der Waals surface area contributed by atoms with Crippen LogP contribution in [0.2, 0.25) is 0 Å². The van der Waals surface area contributed by atoms with Crippen molar-refractivity contribution in [2.24, 2.45) is 16.0 Å². The molecule has 3 N–H and O–H groups in total. The van der Waals surface area contributed by atoms with Gasteiger partial charge in [-0.15, -0.1) is 0 Å². The fraction of sp³-hybridized carbons (Fsp3) is 0.421. The molecule has 0 spiro atoms. The van der Waals surface area contributed by atoms with Crippen molar-refractivity contribution in [1.82, 2.24) is 15.6 Å². The molecule has 1 aliphatic rings. The van der Waals surface area contributed by atoms with Crippen LogP contribution in [0.4, 0.5) is 0 Å². The summed E-state index contributed by atoms with van der Waals surface area (Å²) in [7, 11) is 0. The molecule has 1 aliphatic heterocycles. The summed E-state index contributed by atoms with van der Waals surface area (Å²) < 4.78 is 0. The van der Waals surface area contributed by atoms with Gasteiger partial charge >= 0.3 is 0 Å². The highest BCUT2D eigenvalue weighted by atomic mass is 35.5. The zero-order valence-electron chi connectivity index (χ0n) is 16.8. The molecule has 152 valence electrons. The van der Waals surface area contributed by atoms with Crippen molar-refractivity contribution in [3.63, 3.8) is 0 Å². The van der Waals surface area contributed by atoms with Crippen molar-refractivity contribution in [2.45, 2.75) is 40.7 Å². The molecule has 8 nitrogen and oxygen atoms in total. The van der Waals surface area contributed by atoms with Gasteiger partial charge in [0, 0.05) is 18.5 Å². The lowest BCUT2D eigenvalue weighted by molar-refractivity contribution is -0.132. The molecule has 0 bridgehead atoms. The first-order chi connectivity index (χ1) is 13.1. The van der Waals surface area contributed by atoms with E-state index >= 15 is 0 Å². The molecule has 9 heteroatoms. The van der Waals surface area contributed by atoms with E-state index in [2.05, 4.69) is 27.3 Å². The molecule has 0 saturated carbocycles. The molecule has 2 amide bonds. The Morgan fingerprint density at radius 3 is 2.57 bits per heavy atom. The van der Waals surface area contributed by atoms with E-state index in [4.69, 9.17) is 17.0 Å². The molecular formula is C19H27ClN6O2. The van der Waals surface area contributed by atoms with E-state index in [0.717, 1.165) is 5.01 Å². The summed E-state index contributed by atoms with van der Waals surface area (Å²) in [4.78, 5) is 28.9. The van der Waals surface area contributed by atoms with Crippen molar-refractivity contribution in [3.8, 4) is 0 Å². The van der Waals surface area contributed by atoms with Gasteiger partial charge in [-0.05, 0) is 26.7 Å². The second-order valence-electron chi connectivity index (χ2n) is 6.68. The van der Waals surface area contributed by atoms with Crippen LogP contribution in [0.1, 0.15) is 34.6 Å². The van der Waals surface area contributed by atoms with Gasteiger partial charge in [0.15, 0.2) is 0 Å². The van der Waals surface area contributed by atoms with E-state index < -0.39 is 11.8 Å². The Hall–Kier alpha value is -2.74. The number of halogens is 1. The molecule has 0 radical (unpaired) electrons. The number of rotatable bonds is 8. The quantitative estimate of drug-likeness (QED) is 0.425. The number of hydrazone groups is 1. The van der Waals surface area contributed by atoms with E-state index in [1.54, 1.807) is 13.0 Å². The monoisotopic (exact) mass is 406 g/mol. The number of nitrogens with one attached hydrogen (secondary N) is 3. The molecule has 28 heavy (non-hydrogen) atoms. The number of hydrogen-bond donors (Lipinski definition) is 3. The van der Waals surface area contributed by atoms with Crippen LogP contribution < -0.4 is 10.6 Å². The van der Waals surface area contributed by atoms with E-state index in [9.17, 15) is 9.59 Å². The molecular weight excluding hydrogens is 380 g/mol. The number of aliphatic imine (C=N–C) groups is 1. The molecule has 0 saturated heterocycles. The third-order valence-corrected chi connectivity index (χ3v) is 3.84. The van der Waals surface area contributed by atoms with Gasteiger partial charge in [0.2, 0.25) is 5.91 Å². The number of hydrogen-bond acceptors (Lipinski definition) is 6. The lowest BCUT2D eigenvalue weighted by Gasteiger charge is -2.27. The first-order valence-electron chi connectivity index (χ1n) is 8.87. The SMILES string of the molecule is C=C(/N=C\C(Cl)=C/C)NC(=O)CN1N=C(C(C)C)C(=N)/C(=C\NC(C)C)C1=O. The highest BCUT2D eigenvalue weighted by Crippen LogP contribution is 2.17. The number of carbonyl (C=O) groups excluding carboxylic acids is 2. The van der Waals surface area contributed by atoms with Gasteiger partial charge in [-0.3, -0.25) is 15.0 Å². The Morgan fingerprint density at radius 2 is 2.04 bits per heavy atom. The summed E-state index contributed by atoms with van der Waals surface area (Å²) >= 11 is 5.80. The van der Waals surface area contributed by atoms with E-state index in [0.29, 0.717) is 10.7 Å². The van der Waals surface area contributed by atoms with Crippen LogP contribution in [0.5, 0.6) is 0 Å². The molecule has 0 aromatic rings. The Labute approximate surface area is 170 Å². The minimum Gasteiger partial charge on any atom is -0.388 e. The maximum atomic E-state index is 12.7. The second kappa shape index (κ2) is 10.6. The Kier molecular flexibility index (Phi) is 8.78. The van der Waals surface area contributed by atoms with Crippen LogP contribution in [-0.4, -0.2) is 47.0 Å². The summed E-state index contributed by atoms with van der Waals surface area (Å²) in [5, 5.41) is 19.4. The predicted molar refractivity (Wildman–Crippen MR) is 113 cm³/mol. The fourth-order valence-corrected chi connectivity index (χ4v) is 2.14. The Balaban J connectivity index is 2.98. The van der Waals surface area contributed by atoms with Crippen LogP contribution in [0.15, 0.2) is 45.4 Å². The van der Waals surface area contributed by atoms with Crippen molar-refractivity contribution in [3.05, 3.63) is 35.3 Å². The molecule has 1 rings (SSSR count). The van der Waals surface area contributed by atoms with Gasteiger partial charge < -0.3 is 10.6 Å². The first kappa shape index (κ1) is 23.3. The lowest BCUT2D eigenvalue weighted by atomic mass is 9.96. The predicted octanol–water partition coefficient (Wildman–Crippen LogP) is 2.54. The smallest absolute Gasteiger partial charge is 0.278 e. The van der Waals surface area contributed by atoms with Gasteiger partial charge in [0.25, 0.3) is 5.91 Å². The summed E-state index contributed by atoms with van der Waals surface area (Å²) in [5.74, 6) is -1.03. The molecule has 1 heterocycles. The van der Waals surface area contributed by atoms with E-state index in [-0.39, 0.29) is 35.6 Å². The maximum Gasteiger partial charge on any atom is 0.278 e. The highest BCUT2D eigenvalue weighted by Gasteiger charge is 2.32. The molecule has 0 aromatic heterocycles. The van der Waals surface area contributed by atoms with Crippen molar-refractivity contribution in [2.75, 3.05) is 6.54 Å². The van der Waals surface area contributed by atoms with Crippen molar-refractivity contribution >= 4 is 41.1 Å². The summed E-state index contributed by atoms with van der Waals surface area (Å²) in [6.07, 6.45) is 4.49. The van der Waals surface area contributed by atoms with Gasteiger partial charge in [-0.25, -0.2) is 10.0 Å². The number of amides is 2. The van der Waals surface area contributed by atoms with Crippen molar-refractivity contribution in [1.29, 1.82) is 5.41 Å². The van der Waals surface area contributed by atoms with Crippen LogP contribution in [-0.2, 0) is 9.59 Å². The Bertz CT molecular complexity index is 777. The van der Waals surface area contributed by atoms with E-state index in [1.165, 1.54) is 12.4 Å². The topological polar surface area (TPSA) is 110 Å². The van der Waals surface area contributed by atoms with Gasteiger partial charge in [-0.1, -0.05) is 38.1 Å². The van der Waals surface area contributed by atoms with Gasteiger partial charge in [-0.2, -0.15) is 5.10 Å². The zero-order chi connectivity index (χ0) is 21.4. The Morgan fingerprint density at radius 1 is 1.39 bits per heavy atom. The van der Waals surface area contributed by atoms with E-state index in [1.807, 2.05) is 27.7 Å². The third kappa shape index (κ3) is 6.77. The third-order valence-electron chi connectivity index (χ3n) is 3.52. The second-order valence-corrected chi connectivity index (χ2v) is 7.12. The van der Waals surface area contributed by atoms with Gasteiger partial charge in [0.1, 0.15) is 12.4 Å². The summed E-state index contributed by atoms with van der Waals surface area (Å²) in [6, 6.07) is 0.0939. The highest BCUT2D eigenvalue weighted by molar-refractivity contribution is 6.54. The molecule has 0 unspecified atom stereocenters. The molecule has 0 aromatic carbocycles.